The summed E-state index contributed by atoms with van der Waals surface area (Å²) in [5, 5.41) is 27.1. The largest absolute Gasteiger partial charge is 0.394 e. The number of hydrogen-bond acceptors (Lipinski definition) is 6. The van der Waals surface area contributed by atoms with Crippen LogP contribution in [0.5, 0.6) is 0 Å². The zero-order valence-electron chi connectivity index (χ0n) is 18.2. The monoisotopic (exact) mass is 468 g/mol. The van der Waals surface area contributed by atoms with E-state index in [2.05, 4.69) is 25.8 Å². The van der Waals surface area contributed by atoms with Gasteiger partial charge < -0.3 is 15.2 Å². The Bertz CT molecular complexity index is 1240. The van der Waals surface area contributed by atoms with Gasteiger partial charge in [-0.3, -0.25) is 14.6 Å². The molecule has 0 saturated heterocycles. The molecule has 0 aliphatic heterocycles. The van der Waals surface area contributed by atoms with Gasteiger partial charge in [0.05, 0.1) is 47.9 Å². The summed E-state index contributed by atoms with van der Waals surface area (Å²) in [6.45, 7) is -0.181. The van der Waals surface area contributed by atoms with Gasteiger partial charge in [-0.15, -0.1) is 5.10 Å². The first kappa shape index (κ1) is 23.2. The lowest BCUT2D eigenvalue weighted by molar-refractivity contribution is 0.0165. The number of nitrogens with zero attached hydrogens (tertiary/aromatic N) is 4. The number of nitrogens with one attached hydrogen (secondary N) is 2. The highest BCUT2D eigenvalue weighted by Gasteiger charge is 2.27. The van der Waals surface area contributed by atoms with E-state index in [1.165, 1.54) is 48.3 Å². The number of benzene rings is 2. The Hall–Kier alpha value is -3.96. The van der Waals surface area contributed by atoms with Gasteiger partial charge >= 0.3 is 0 Å². The van der Waals surface area contributed by atoms with E-state index >= 15 is 0 Å². The van der Waals surface area contributed by atoms with E-state index in [-0.39, 0.29) is 35.8 Å². The second-order valence-electron chi connectivity index (χ2n) is 7.50. The van der Waals surface area contributed by atoms with Gasteiger partial charge in [0.2, 0.25) is 0 Å². The summed E-state index contributed by atoms with van der Waals surface area (Å²) >= 11 is 0. The third-order valence-corrected chi connectivity index (χ3v) is 5.35. The molecule has 34 heavy (non-hydrogen) atoms. The van der Waals surface area contributed by atoms with E-state index in [9.17, 15) is 18.7 Å². The quantitative estimate of drug-likeness (QED) is 0.347. The van der Waals surface area contributed by atoms with Crippen LogP contribution < -0.4 is 5.32 Å². The molecule has 2 atom stereocenters. The molecular weight excluding hydrogens is 446 g/mol. The molecule has 3 N–H and O–H groups in total. The van der Waals surface area contributed by atoms with Crippen LogP contribution in [0.3, 0.4) is 0 Å². The molecule has 0 spiro atoms. The number of amides is 1. The molecule has 0 radical (unpaired) electrons. The highest BCUT2D eigenvalue weighted by Crippen LogP contribution is 2.29. The number of ether oxygens (including phenoxy) is 1. The van der Waals surface area contributed by atoms with Crippen molar-refractivity contribution >= 4 is 5.91 Å². The highest BCUT2D eigenvalue weighted by molar-refractivity contribution is 6.01. The molecule has 11 heteroatoms. The van der Waals surface area contributed by atoms with Gasteiger partial charge in [0.1, 0.15) is 17.7 Å². The molecule has 4 aromatic rings. The van der Waals surface area contributed by atoms with Crippen molar-refractivity contribution in [2.24, 2.45) is 0 Å². The van der Waals surface area contributed by atoms with Crippen molar-refractivity contribution in [1.29, 1.82) is 0 Å². The van der Waals surface area contributed by atoms with E-state index in [0.29, 0.717) is 11.3 Å². The van der Waals surface area contributed by atoms with Gasteiger partial charge in [0.15, 0.2) is 0 Å². The Morgan fingerprint density at radius 3 is 2.71 bits per heavy atom. The Labute approximate surface area is 193 Å². The van der Waals surface area contributed by atoms with Crippen LogP contribution in [0.25, 0.3) is 22.5 Å². The Kier molecular flexibility index (Phi) is 7.04. The molecule has 4 rings (SSSR count). The summed E-state index contributed by atoms with van der Waals surface area (Å²) < 4.78 is 35.0. The number of hydrogen-bond donors (Lipinski definition) is 3. The van der Waals surface area contributed by atoms with E-state index in [1.54, 1.807) is 24.4 Å². The molecule has 1 amide bonds. The van der Waals surface area contributed by atoms with Gasteiger partial charge in [-0.25, -0.2) is 8.78 Å². The van der Waals surface area contributed by atoms with E-state index in [4.69, 9.17) is 4.74 Å². The zero-order valence-corrected chi connectivity index (χ0v) is 18.2. The van der Waals surface area contributed by atoms with Crippen LogP contribution in [-0.2, 0) is 11.3 Å². The maximum Gasteiger partial charge on any atom is 0.252 e. The standard InChI is InChI=1S/C23H22F2N6O3/c1-34-21(13-32)20(12-31-10-9-26-30-31)27-23(33)16-3-2-4-17(25)22(16)19-11-18(28-29-19)14-5-7-15(24)8-6-14/h2-11,20-21,32H,12-13H2,1H3,(H,27,33)(H,28,29)/t20-,21?/m1/s1. The predicted molar refractivity (Wildman–Crippen MR) is 119 cm³/mol. The summed E-state index contributed by atoms with van der Waals surface area (Å²) in [7, 11) is 1.41. The van der Waals surface area contributed by atoms with Crippen molar-refractivity contribution in [2.45, 2.75) is 18.7 Å². The van der Waals surface area contributed by atoms with Gasteiger partial charge in [0, 0.05) is 13.3 Å². The molecule has 0 aliphatic carbocycles. The average molecular weight is 468 g/mol. The van der Waals surface area contributed by atoms with Crippen molar-refractivity contribution in [3.8, 4) is 22.5 Å². The SMILES string of the molecule is COC(CO)[C@@H](Cn1ccnn1)NC(=O)c1cccc(F)c1-c1cc(-c2ccc(F)cc2)[nH]n1. The first-order valence-electron chi connectivity index (χ1n) is 10.4. The number of H-pyrrole nitrogens is 1. The number of carbonyl (C=O) groups is 1. The fourth-order valence-corrected chi connectivity index (χ4v) is 3.60. The summed E-state index contributed by atoms with van der Waals surface area (Å²) in [6.07, 6.45) is 2.36. The van der Waals surface area contributed by atoms with Gasteiger partial charge in [-0.2, -0.15) is 5.10 Å². The van der Waals surface area contributed by atoms with Crippen molar-refractivity contribution in [1.82, 2.24) is 30.5 Å². The molecule has 176 valence electrons. The number of aromatic nitrogens is 5. The number of aromatic amines is 1. The minimum atomic E-state index is -0.736. The highest BCUT2D eigenvalue weighted by atomic mass is 19.1. The molecule has 9 nitrogen and oxygen atoms in total. The first-order valence-corrected chi connectivity index (χ1v) is 10.4. The fourth-order valence-electron chi connectivity index (χ4n) is 3.60. The lowest BCUT2D eigenvalue weighted by atomic mass is 10.0. The van der Waals surface area contributed by atoms with Crippen LogP contribution in [0, 0.1) is 11.6 Å². The maximum absolute atomic E-state index is 14.9. The van der Waals surface area contributed by atoms with Gasteiger partial charge in [-0.1, -0.05) is 11.3 Å². The number of rotatable bonds is 9. The van der Waals surface area contributed by atoms with Crippen LogP contribution >= 0.6 is 0 Å². The average Bonchev–Trinajstić information content (AvgIpc) is 3.52. The molecule has 2 heterocycles. The molecule has 0 bridgehead atoms. The fraction of sp³-hybridized carbons (Fsp3) is 0.217. The van der Waals surface area contributed by atoms with Crippen LogP contribution in [0.15, 0.2) is 60.9 Å². The van der Waals surface area contributed by atoms with Crippen molar-refractivity contribution in [3.63, 3.8) is 0 Å². The first-order chi connectivity index (χ1) is 16.5. The number of aliphatic hydroxyl groups excluding tert-OH is 1. The maximum atomic E-state index is 14.9. The van der Waals surface area contributed by atoms with Crippen LogP contribution in [0.4, 0.5) is 8.78 Å². The summed E-state index contributed by atoms with van der Waals surface area (Å²) in [4.78, 5) is 13.2. The van der Waals surface area contributed by atoms with Crippen LogP contribution in [0.1, 0.15) is 10.4 Å². The van der Waals surface area contributed by atoms with Gasteiger partial charge in [0.25, 0.3) is 5.91 Å². The smallest absolute Gasteiger partial charge is 0.252 e. The van der Waals surface area contributed by atoms with E-state index in [1.807, 2.05) is 0 Å². The predicted octanol–water partition coefficient (Wildman–Crippen LogP) is 2.42. The van der Waals surface area contributed by atoms with Gasteiger partial charge in [-0.05, 0) is 48.0 Å². The topological polar surface area (TPSA) is 118 Å². The number of aliphatic hydroxyl groups is 1. The zero-order chi connectivity index (χ0) is 24.1. The van der Waals surface area contributed by atoms with E-state index in [0.717, 1.165) is 0 Å². The third-order valence-electron chi connectivity index (χ3n) is 5.35. The second kappa shape index (κ2) is 10.3. The minimum absolute atomic E-state index is 0.00193. The Balaban J connectivity index is 1.64. The summed E-state index contributed by atoms with van der Waals surface area (Å²) in [6, 6.07) is 10.8. The molecule has 0 fully saturated rings. The molecule has 0 aliphatic rings. The summed E-state index contributed by atoms with van der Waals surface area (Å²) in [5.41, 5.74) is 1.45. The van der Waals surface area contributed by atoms with Crippen LogP contribution in [-0.4, -0.2) is 62.1 Å². The third kappa shape index (κ3) is 5.00. The van der Waals surface area contributed by atoms with E-state index < -0.39 is 23.9 Å². The molecule has 1 unspecified atom stereocenters. The lowest BCUT2D eigenvalue weighted by Crippen LogP contribution is -2.48. The molecule has 0 saturated carbocycles. The molecule has 2 aromatic carbocycles. The minimum Gasteiger partial charge on any atom is -0.394 e. The number of carbonyl (C=O) groups excluding carboxylic acids is 1. The van der Waals surface area contributed by atoms with Crippen molar-refractivity contribution < 1.29 is 23.4 Å². The molecule has 2 aromatic heterocycles. The van der Waals surface area contributed by atoms with Crippen LogP contribution in [0.2, 0.25) is 0 Å². The lowest BCUT2D eigenvalue weighted by Gasteiger charge is -2.25. The molecular formula is C23H22F2N6O3. The number of methoxy groups -OCH3 is 1. The summed E-state index contributed by atoms with van der Waals surface area (Å²) in [5.74, 6) is -1.60. The normalized spacial score (nSPS) is 12.9. The second-order valence-corrected chi connectivity index (χ2v) is 7.50. The Morgan fingerprint density at radius 1 is 1.24 bits per heavy atom. The van der Waals surface area contributed by atoms with Crippen molar-refractivity contribution in [2.75, 3.05) is 13.7 Å². The number of halogens is 2. The van der Waals surface area contributed by atoms with Crippen molar-refractivity contribution in [3.05, 3.63) is 78.1 Å². The Morgan fingerprint density at radius 2 is 2.03 bits per heavy atom.